The Morgan fingerprint density at radius 2 is 1.89 bits per heavy atom. The molecule has 0 radical (unpaired) electrons. The van der Waals surface area contributed by atoms with Gasteiger partial charge < -0.3 is 0 Å². The first-order valence-electron chi connectivity index (χ1n) is 9.63. The molecule has 3 heterocycles. The number of imide groups is 1. The summed E-state index contributed by atoms with van der Waals surface area (Å²) in [5, 5.41) is 0.658. The van der Waals surface area contributed by atoms with Gasteiger partial charge in [0, 0.05) is 19.1 Å². The molecule has 3 aliphatic heterocycles. The number of hydrogen-bond acceptors (Lipinski definition) is 2. The molecule has 1 aromatic carbocycles. The average molecular weight is 403 g/mol. The van der Waals surface area contributed by atoms with Crippen molar-refractivity contribution in [2.75, 3.05) is 27.2 Å². The van der Waals surface area contributed by atoms with E-state index in [0.717, 1.165) is 37.5 Å². The highest BCUT2D eigenvalue weighted by molar-refractivity contribution is 6.30. The van der Waals surface area contributed by atoms with Crippen molar-refractivity contribution >= 4 is 35.3 Å². The first-order chi connectivity index (χ1) is 13.4. The number of guanidine groups is 1. The van der Waals surface area contributed by atoms with Crippen LogP contribution in [0.25, 0.3) is 0 Å². The third-order valence-corrected chi connectivity index (χ3v) is 6.05. The fourth-order valence-electron chi connectivity index (χ4n) is 4.04. The van der Waals surface area contributed by atoms with Gasteiger partial charge in [-0.05, 0) is 36.5 Å². The van der Waals surface area contributed by atoms with E-state index in [1.165, 1.54) is 16.8 Å². The zero-order valence-corrected chi connectivity index (χ0v) is 17.2. The molecule has 4 rings (SSSR count). The Morgan fingerprint density at radius 3 is 2.57 bits per heavy atom. The molecule has 1 atom stereocenters. The van der Waals surface area contributed by atoms with Crippen molar-refractivity contribution in [3.05, 3.63) is 34.9 Å². The van der Waals surface area contributed by atoms with E-state index in [4.69, 9.17) is 16.6 Å². The minimum Gasteiger partial charge on any atom is -0.270 e. The summed E-state index contributed by atoms with van der Waals surface area (Å²) in [7, 11) is 3.20. The molecule has 0 aromatic heterocycles. The summed E-state index contributed by atoms with van der Waals surface area (Å²) in [4.78, 5) is 34.9. The van der Waals surface area contributed by atoms with Crippen LogP contribution in [-0.4, -0.2) is 76.2 Å². The van der Waals surface area contributed by atoms with E-state index < -0.39 is 6.04 Å². The highest BCUT2D eigenvalue weighted by Crippen LogP contribution is 2.26. The first-order valence-corrected chi connectivity index (χ1v) is 10.0. The van der Waals surface area contributed by atoms with Crippen molar-refractivity contribution in [2.45, 2.75) is 32.4 Å². The number of piperidine rings is 1. The minimum absolute atomic E-state index is 0.246. The number of amides is 3. The number of fused-ring (bicyclic) bond motifs is 1. The van der Waals surface area contributed by atoms with Crippen LogP contribution in [0, 0.1) is 5.92 Å². The largest absolute Gasteiger partial charge is 0.392 e. The van der Waals surface area contributed by atoms with Crippen LogP contribution in [0.2, 0.25) is 5.02 Å². The van der Waals surface area contributed by atoms with E-state index in [1.807, 2.05) is 29.2 Å². The number of hydrogen-bond donors (Lipinski definition) is 0. The number of carbonyl (C=O) groups is 2. The van der Waals surface area contributed by atoms with E-state index >= 15 is 0 Å². The van der Waals surface area contributed by atoms with Crippen LogP contribution in [0.15, 0.2) is 29.3 Å². The Kier molecular flexibility index (Phi) is 4.87. The Bertz CT molecular complexity index is 886. The topological polar surface area (TPSA) is 59.2 Å². The van der Waals surface area contributed by atoms with E-state index in [2.05, 4.69) is 11.5 Å². The second-order valence-corrected chi connectivity index (χ2v) is 8.28. The number of aliphatic imine (C=N–C) groups is 1. The van der Waals surface area contributed by atoms with Crippen molar-refractivity contribution < 1.29 is 14.2 Å². The fourth-order valence-corrected chi connectivity index (χ4v) is 4.25. The molecule has 1 unspecified atom stereocenters. The summed E-state index contributed by atoms with van der Waals surface area (Å²) in [5.74, 6) is 1.72. The van der Waals surface area contributed by atoms with Crippen molar-refractivity contribution in [1.29, 1.82) is 0 Å². The molecule has 2 fully saturated rings. The maximum Gasteiger partial charge on any atom is 0.392 e. The standard InChI is InChI=1S/C20H25ClN5O2/c1-13-7-9-25(10-8-13)19-22-17-16(18(27)24(3)20(28)23(17)2)26(19)12-14-5-4-6-15(21)11-14/h4-6,11,13,16H,7-10,12H2,1-3H3/q+1. The monoisotopic (exact) mass is 402 g/mol. The molecule has 0 spiro atoms. The lowest BCUT2D eigenvalue weighted by Crippen LogP contribution is -2.62. The van der Waals surface area contributed by atoms with Crippen molar-refractivity contribution in [3.63, 3.8) is 0 Å². The van der Waals surface area contributed by atoms with Crippen LogP contribution in [0.3, 0.4) is 0 Å². The van der Waals surface area contributed by atoms with Crippen LogP contribution < -0.4 is 0 Å². The number of likely N-dealkylation sites (N-methyl/N-ethyl adjacent to an activating group) is 2. The number of halogens is 1. The Morgan fingerprint density at radius 1 is 1.18 bits per heavy atom. The van der Waals surface area contributed by atoms with Gasteiger partial charge >= 0.3 is 12.0 Å². The zero-order valence-electron chi connectivity index (χ0n) is 16.4. The van der Waals surface area contributed by atoms with Crippen LogP contribution in [0.5, 0.6) is 0 Å². The van der Waals surface area contributed by atoms with Crippen molar-refractivity contribution in [1.82, 2.24) is 14.7 Å². The van der Waals surface area contributed by atoms with Crippen LogP contribution in [-0.2, 0) is 11.3 Å². The SMILES string of the molecule is CC1CC[N+](=C2N=C3C(C(=O)N(C)C(=O)N3C)N2Cc2cccc(Cl)c2)CC1. The van der Waals surface area contributed by atoms with Gasteiger partial charge in [-0.3, -0.25) is 19.2 Å². The van der Waals surface area contributed by atoms with Gasteiger partial charge in [-0.25, -0.2) is 9.69 Å². The smallest absolute Gasteiger partial charge is 0.270 e. The molecule has 0 N–H and O–H groups in total. The molecule has 28 heavy (non-hydrogen) atoms. The Labute approximate surface area is 169 Å². The maximum absolute atomic E-state index is 13.0. The predicted molar refractivity (Wildman–Crippen MR) is 108 cm³/mol. The van der Waals surface area contributed by atoms with E-state index in [-0.39, 0.29) is 11.9 Å². The quantitative estimate of drug-likeness (QED) is 0.713. The molecule has 0 bridgehead atoms. The average Bonchev–Trinajstić information content (AvgIpc) is 3.04. The van der Waals surface area contributed by atoms with Gasteiger partial charge in [-0.2, -0.15) is 0 Å². The number of carbonyl (C=O) groups excluding carboxylic acids is 2. The summed E-state index contributed by atoms with van der Waals surface area (Å²) in [6.45, 7) is 4.56. The van der Waals surface area contributed by atoms with Gasteiger partial charge in [-0.1, -0.05) is 35.6 Å². The lowest BCUT2D eigenvalue weighted by molar-refractivity contribution is -0.545. The molecule has 0 aliphatic carbocycles. The zero-order chi connectivity index (χ0) is 20.0. The van der Waals surface area contributed by atoms with Crippen LogP contribution >= 0.6 is 11.6 Å². The van der Waals surface area contributed by atoms with E-state index in [9.17, 15) is 9.59 Å². The Hall–Kier alpha value is -2.41. The highest BCUT2D eigenvalue weighted by atomic mass is 35.5. The Balaban J connectivity index is 1.76. The fraction of sp³-hybridized carbons (Fsp3) is 0.500. The number of rotatable bonds is 2. The molecular formula is C20H25ClN5O2+. The van der Waals surface area contributed by atoms with Crippen molar-refractivity contribution in [2.24, 2.45) is 10.9 Å². The van der Waals surface area contributed by atoms with E-state index in [1.54, 1.807) is 7.05 Å². The second kappa shape index (κ2) is 7.20. The summed E-state index contributed by atoms with van der Waals surface area (Å²) in [5.41, 5.74) is 1.00. The van der Waals surface area contributed by atoms with Gasteiger partial charge in [0.25, 0.3) is 5.91 Å². The minimum atomic E-state index is -0.596. The van der Waals surface area contributed by atoms with Crippen molar-refractivity contribution in [3.8, 4) is 0 Å². The summed E-state index contributed by atoms with van der Waals surface area (Å²) in [6, 6.07) is 6.69. The van der Waals surface area contributed by atoms with Gasteiger partial charge in [-0.15, -0.1) is 0 Å². The molecule has 8 heteroatoms. The second-order valence-electron chi connectivity index (χ2n) is 7.84. The number of urea groups is 1. The lowest BCUT2D eigenvalue weighted by Gasteiger charge is -2.33. The summed E-state index contributed by atoms with van der Waals surface area (Å²) < 4.78 is 2.24. The summed E-state index contributed by atoms with van der Waals surface area (Å²) >= 11 is 6.17. The third-order valence-electron chi connectivity index (χ3n) is 5.82. The lowest BCUT2D eigenvalue weighted by atomic mass is 10.0. The molecule has 148 valence electrons. The number of amidine groups is 1. The first kappa shape index (κ1) is 18.9. The number of nitrogens with zero attached hydrogens (tertiary/aromatic N) is 5. The maximum atomic E-state index is 13.0. The highest BCUT2D eigenvalue weighted by Gasteiger charge is 2.55. The van der Waals surface area contributed by atoms with Gasteiger partial charge in [0.15, 0.2) is 0 Å². The molecule has 3 aliphatic rings. The molecule has 7 nitrogen and oxygen atoms in total. The van der Waals surface area contributed by atoms with Crippen LogP contribution in [0.4, 0.5) is 4.79 Å². The third kappa shape index (κ3) is 3.17. The molecule has 0 saturated carbocycles. The molecule has 1 aromatic rings. The molecular weight excluding hydrogens is 378 g/mol. The van der Waals surface area contributed by atoms with Gasteiger partial charge in [0.05, 0.1) is 19.6 Å². The van der Waals surface area contributed by atoms with Gasteiger partial charge in [0.2, 0.25) is 11.9 Å². The summed E-state index contributed by atoms with van der Waals surface area (Å²) in [6.07, 6.45) is 2.18. The van der Waals surface area contributed by atoms with E-state index in [0.29, 0.717) is 23.3 Å². The molecule has 3 amide bonds. The normalized spacial score (nSPS) is 25.4. The van der Waals surface area contributed by atoms with Gasteiger partial charge in [0.1, 0.15) is 0 Å². The molecule has 2 saturated heterocycles. The predicted octanol–water partition coefficient (Wildman–Crippen LogP) is 2.24. The number of benzene rings is 1. The van der Waals surface area contributed by atoms with Crippen LogP contribution in [0.1, 0.15) is 25.3 Å².